The van der Waals surface area contributed by atoms with Gasteiger partial charge in [-0.1, -0.05) is 48.6 Å². The van der Waals surface area contributed by atoms with E-state index in [4.69, 9.17) is 0 Å². The van der Waals surface area contributed by atoms with Crippen molar-refractivity contribution in [1.82, 2.24) is 0 Å². The van der Waals surface area contributed by atoms with Crippen LogP contribution in [-0.2, 0) is 16.5 Å². The van der Waals surface area contributed by atoms with Gasteiger partial charge in [-0.05, 0) is 12.8 Å². The summed E-state index contributed by atoms with van der Waals surface area (Å²) in [6, 6.07) is 0. The average Bonchev–Trinajstić information content (AvgIpc) is 2.67. The Balaban J connectivity index is 0.000000167. The summed E-state index contributed by atoms with van der Waals surface area (Å²) in [7, 11) is 0. The van der Waals surface area contributed by atoms with Gasteiger partial charge in [-0.3, -0.25) is 0 Å². The number of hydrogen-bond donors (Lipinski definition) is 0. The summed E-state index contributed by atoms with van der Waals surface area (Å²) in [5, 5.41) is 0. The fourth-order valence-corrected chi connectivity index (χ4v) is 0.786. The summed E-state index contributed by atoms with van der Waals surface area (Å²) >= 11 is 0. The molecule has 0 aromatic carbocycles. The minimum absolute atomic E-state index is 0. The molecule has 0 aromatic heterocycles. The van der Waals surface area contributed by atoms with Crippen LogP contribution in [0.25, 0.3) is 0 Å². The summed E-state index contributed by atoms with van der Waals surface area (Å²) in [6.45, 7) is 0. The first kappa shape index (κ1) is 10.5. The summed E-state index contributed by atoms with van der Waals surface area (Å²) in [5.74, 6) is 0. The first-order chi connectivity index (χ1) is 5.00. The predicted molar refractivity (Wildman–Crippen MR) is 45.8 cm³/mol. The van der Waals surface area contributed by atoms with Crippen molar-refractivity contribution in [3.05, 3.63) is 48.6 Å². The molecular weight excluding hydrogens is 179 g/mol. The van der Waals surface area contributed by atoms with E-state index in [9.17, 15) is 0 Å². The van der Waals surface area contributed by atoms with E-state index in [1.807, 2.05) is 0 Å². The van der Waals surface area contributed by atoms with Gasteiger partial charge >= 0.3 is 0 Å². The molecule has 0 atom stereocenters. The van der Waals surface area contributed by atoms with Gasteiger partial charge in [0.2, 0.25) is 0 Å². The van der Waals surface area contributed by atoms with E-state index in [0.717, 1.165) is 12.8 Å². The van der Waals surface area contributed by atoms with Gasteiger partial charge in [0.25, 0.3) is 0 Å². The Morgan fingerprint density at radius 3 is 0.909 bits per heavy atom. The summed E-state index contributed by atoms with van der Waals surface area (Å²) in [5.41, 5.74) is 0. The van der Waals surface area contributed by atoms with Crippen molar-refractivity contribution < 1.29 is 16.5 Å². The van der Waals surface area contributed by atoms with Crippen molar-refractivity contribution in [3.8, 4) is 0 Å². The third kappa shape index (κ3) is 5.88. The Labute approximate surface area is 78.3 Å². The number of hydrogen-bond acceptors (Lipinski definition) is 0. The maximum atomic E-state index is 2.12. The molecule has 0 bridgehead atoms. The number of allylic oxidation sites excluding steroid dienone is 8. The van der Waals surface area contributed by atoms with Crippen molar-refractivity contribution in [2.45, 2.75) is 12.8 Å². The topological polar surface area (TPSA) is 0 Å². The fraction of sp³-hybridized carbons (Fsp3) is 0.200. The normalized spacial score (nSPS) is 16.0. The molecule has 0 aromatic rings. The molecule has 62 valence electrons. The molecule has 0 spiro atoms. The summed E-state index contributed by atoms with van der Waals surface area (Å²) in [4.78, 5) is 0. The van der Waals surface area contributed by atoms with Crippen LogP contribution < -0.4 is 0 Å². The van der Waals surface area contributed by atoms with E-state index < -0.39 is 0 Å². The molecule has 11 heavy (non-hydrogen) atoms. The fourth-order valence-electron chi connectivity index (χ4n) is 0.786. The van der Waals surface area contributed by atoms with E-state index in [0.29, 0.717) is 0 Å². The Kier molecular flexibility index (Phi) is 7.18. The van der Waals surface area contributed by atoms with Gasteiger partial charge in [0.05, 0.1) is 0 Å². The molecule has 0 fully saturated rings. The van der Waals surface area contributed by atoms with Crippen LogP contribution in [0.3, 0.4) is 0 Å². The molecule has 0 saturated heterocycles. The van der Waals surface area contributed by atoms with Crippen molar-refractivity contribution in [2.24, 2.45) is 0 Å². The van der Waals surface area contributed by atoms with E-state index >= 15 is 0 Å². The van der Waals surface area contributed by atoms with Crippen LogP contribution in [0.4, 0.5) is 0 Å². The zero-order chi connectivity index (χ0) is 7.07. The largest absolute Gasteiger partial charge is 0.0808 e. The van der Waals surface area contributed by atoms with Gasteiger partial charge < -0.3 is 0 Å². The summed E-state index contributed by atoms with van der Waals surface area (Å²) < 4.78 is 0. The van der Waals surface area contributed by atoms with E-state index in [-0.39, 0.29) is 16.5 Å². The van der Waals surface area contributed by atoms with Gasteiger partial charge in [-0.2, -0.15) is 0 Å². The van der Waals surface area contributed by atoms with Crippen molar-refractivity contribution in [3.63, 3.8) is 0 Å². The molecule has 0 unspecified atom stereocenters. The molecule has 0 amide bonds. The molecule has 1 heteroatoms. The molecule has 0 N–H and O–H groups in total. The van der Waals surface area contributed by atoms with E-state index in [1.165, 1.54) is 0 Å². The number of rotatable bonds is 0. The standard InChI is InChI=1S/2C5H6.Ni/c2*1-2-4-5-3-1;/h2*1-4H,5H2;. The van der Waals surface area contributed by atoms with Gasteiger partial charge in [0.1, 0.15) is 0 Å². The zero-order valence-electron chi connectivity index (χ0n) is 6.35. The van der Waals surface area contributed by atoms with Crippen molar-refractivity contribution >= 4 is 0 Å². The van der Waals surface area contributed by atoms with Gasteiger partial charge in [-0.15, -0.1) is 0 Å². The molecule has 2 aliphatic carbocycles. The Bertz CT molecular complexity index is 143. The quantitative estimate of drug-likeness (QED) is 0.516. The van der Waals surface area contributed by atoms with Gasteiger partial charge in [0.15, 0.2) is 0 Å². The first-order valence-corrected chi connectivity index (χ1v) is 3.63. The van der Waals surface area contributed by atoms with Crippen LogP contribution in [-0.4, -0.2) is 0 Å². The maximum absolute atomic E-state index is 2.12. The monoisotopic (exact) mass is 190 g/mol. The van der Waals surface area contributed by atoms with Crippen molar-refractivity contribution in [1.29, 1.82) is 0 Å². The van der Waals surface area contributed by atoms with Gasteiger partial charge in [-0.25, -0.2) is 0 Å². The van der Waals surface area contributed by atoms with Gasteiger partial charge in [0, 0.05) is 16.5 Å². The van der Waals surface area contributed by atoms with Crippen LogP contribution in [0.1, 0.15) is 12.8 Å². The van der Waals surface area contributed by atoms with E-state index in [1.54, 1.807) is 0 Å². The van der Waals surface area contributed by atoms with Crippen LogP contribution in [0, 0.1) is 0 Å². The Morgan fingerprint density at radius 1 is 0.545 bits per heavy atom. The predicted octanol–water partition coefficient (Wildman–Crippen LogP) is 3.00. The molecule has 0 heterocycles. The molecule has 2 rings (SSSR count). The minimum Gasteiger partial charge on any atom is -0.0808 e. The summed E-state index contributed by atoms with van der Waals surface area (Å²) in [6.07, 6.45) is 19.0. The molecular formula is C10H12Ni. The first-order valence-electron chi connectivity index (χ1n) is 3.63. The molecule has 0 nitrogen and oxygen atoms in total. The second kappa shape index (κ2) is 7.56. The van der Waals surface area contributed by atoms with Crippen LogP contribution >= 0.6 is 0 Å². The van der Waals surface area contributed by atoms with Crippen LogP contribution in [0.15, 0.2) is 48.6 Å². The maximum Gasteiger partial charge on any atom is 0 e. The molecule has 0 radical (unpaired) electrons. The third-order valence-corrected chi connectivity index (χ3v) is 1.31. The third-order valence-electron chi connectivity index (χ3n) is 1.31. The second-order valence-corrected chi connectivity index (χ2v) is 2.18. The van der Waals surface area contributed by atoms with E-state index in [2.05, 4.69) is 48.6 Å². The molecule has 0 saturated carbocycles. The Hall–Kier alpha value is -0.546. The average molecular weight is 191 g/mol. The zero-order valence-corrected chi connectivity index (χ0v) is 7.34. The SMILES string of the molecule is C1=CCC=C1.C1=CCC=C1.[Ni]. The molecule has 0 aliphatic heterocycles. The van der Waals surface area contributed by atoms with Crippen LogP contribution in [0.2, 0.25) is 0 Å². The van der Waals surface area contributed by atoms with Crippen molar-refractivity contribution in [2.75, 3.05) is 0 Å². The smallest absolute Gasteiger partial charge is 0 e. The Morgan fingerprint density at radius 2 is 0.818 bits per heavy atom. The second-order valence-electron chi connectivity index (χ2n) is 2.18. The minimum atomic E-state index is 0. The van der Waals surface area contributed by atoms with Crippen LogP contribution in [0.5, 0.6) is 0 Å². The molecule has 2 aliphatic rings.